The third-order valence-electron chi connectivity index (χ3n) is 2.03. The summed E-state index contributed by atoms with van der Waals surface area (Å²) in [5.74, 6) is 0.792. The number of hydrogen-bond donors (Lipinski definition) is 0. The smallest absolute Gasteiger partial charge is 0.166 e. The number of aromatic nitrogens is 2. The number of rotatable bonds is 7. The summed E-state index contributed by atoms with van der Waals surface area (Å²) in [7, 11) is 1.95. The van der Waals surface area contributed by atoms with Gasteiger partial charge < -0.3 is 9.47 Å². The Morgan fingerprint density at radius 3 is 2.44 bits per heavy atom. The van der Waals surface area contributed by atoms with Crippen molar-refractivity contribution in [2.45, 2.75) is 32.1 Å². The van der Waals surface area contributed by atoms with Gasteiger partial charge in [0.05, 0.1) is 16.5 Å². The molecule has 1 aromatic heterocycles. The highest BCUT2D eigenvalue weighted by Crippen LogP contribution is 2.20. The minimum Gasteiger partial charge on any atom is -0.352 e. The highest BCUT2D eigenvalue weighted by molar-refractivity contribution is 7.99. The Morgan fingerprint density at radius 2 is 2.00 bits per heavy atom. The monoisotopic (exact) mass is 244 g/mol. The zero-order valence-electron chi connectivity index (χ0n) is 10.4. The summed E-state index contributed by atoms with van der Waals surface area (Å²) in [6.45, 7) is 7.30. The van der Waals surface area contributed by atoms with E-state index in [1.807, 2.05) is 32.5 Å². The van der Waals surface area contributed by atoms with Gasteiger partial charge in [-0.25, -0.2) is 0 Å². The van der Waals surface area contributed by atoms with Crippen LogP contribution in [0.5, 0.6) is 0 Å². The number of ether oxygens (including phenoxy) is 2. The predicted octanol–water partition coefficient (Wildman–Crippen LogP) is 2.22. The standard InChI is InChI=1S/C11H20N2O2S/c1-5-14-11(15-6-2)8-16-10-7-9(3)12-13(10)4/h7,11H,5-6,8H2,1-4H3. The largest absolute Gasteiger partial charge is 0.352 e. The van der Waals surface area contributed by atoms with Crippen LogP contribution in [-0.2, 0) is 16.5 Å². The van der Waals surface area contributed by atoms with Crippen LogP contribution in [0.15, 0.2) is 11.1 Å². The fraction of sp³-hybridized carbons (Fsp3) is 0.727. The minimum atomic E-state index is -0.129. The lowest BCUT2D eigenvalue weighted by Crippen LogP contribution is -2.20. The normalized spacial score (nSPS) is 11.3. The SMILES string of the molecule is CCOC(CSc1cc(C)nn1C)OCC. The molecule has 1 heterocycles. The van der Waals surface area contributed by atoms with Gasteiger partial charge in [0.25, 0.3) is 0 Å². The fourth-order valence-electron chi connectivity index (χ4n) is 1.39. The molecule has 1 aromatic rings. The van der Waals surface area contributed by atoms with Crippen LogP contribution in [-0.4, -0.2) is 35.0 Å². The number of aryl methyl sites for hydroxylation is 2. The van der Waals surface area contributed by atoms with Crippen molar-refractivity contribution in [3.8, 4) is 0 Å². The second-order valence-corrected chi connectivity index (χ2v) is 4.44. The molecule has 92 valence electrons. The molecule has 0 aliphatic carbocycles. The molecular formula is C11H20N2O2S. The van der Waals surface area contributed by atoms with Gasteiger partial charge in [-0.15, -0.1) is 11.8 Å². The highest BCUT2D eigenvalue weighted by Gasteiger charge is 2.10. The molecule has 0 saturated heterocycles. The van der Waals surface area contributed by atoms with Crippen LogP contribution in [0.4, 0.5) is 0 Å². The van der Waals surface area contributed by atoms with Crippen LogP contribution in [0, 0.1) is 6.92 Å². The molecule has 0 aromatic carbocycles. The summed E-state index contributed by atoms with van der Waals surface area (Å²) < 4.78 is 12.8. The average molecular weight is 244 g/mol. The molecule has 0 amide bonds. The lowest BCUT2D eigenvalue weighted by molar-refractivity contribution is -0.120. The molecule has 0 atom stereocenters. The highest BCUT2D eigenvalue weighted by atomic mass is 32.2. The third-order valence-corrected chi connectivity index (χ3v) is 3.15. The lowest BCUT2D eigenvalue weighted by Gasteiger charge is -2.16. The van der Waals surface area contributed by atoms with E-state index >= 15 is 0 Å². The molecule has 0 fully saturated rings. The first-order chi connectivity index (χ1) is 7.67. The quantitative estimate of drug-likeness (QED) is 0.544. The molecule has 0 N–H and O–H groups in total. The lowest BCUT2D eigenvalue weighted by atomic mass is 10.5. The van der Waals surface area contributed by atoms with Crippen molar-refractivity contribution < 1.29 is 9.47 Å². The Balaban J connectivity index is 2.44. The molecule has 0 bridgehead atoms. The van der Waals surface area contributed by atoms with Crippen LogP contribution in [0.25, 0.3) is 0 Å². The van der Waals surface area contributed by atoms with Crippen LogP contribution in [0.3, 0.4) is 0 Å². The van der Waals surface area contributed by atoms with Crippen molar-refractivity contribution in [2.75, 3.05) is 19.0 Å². The summed E-state index contributed by atoms with van der Waals surface area (Å²) >= 11 is 1.71. The van der Waals surface area contributed by atoms with Gasteiger partial charge in [-0.2, -0.15) is 5.10 Å². The number of hydrogen-bond acceptors (Lipinski definition) is 4. The summed E-state index contributed by atoms with van der Waals surface area (Å²) in [5.41, 5.74) is 1.04. The van der Waals surface area contributed by atoms with Crippen molar-refractivity contribution in [1.82, 2.24) is 9.78 Å². The van der Waals surface area contributed by atoms with Crippen molar-refractivity contribution in [2.24, 2.45) is 7.05 Å². The Hall–Kier alpha value is -0.520. The molecule has 0 spiro atoms. The van der Waals surface area contributed by atoms with Gasteiger partial charge in [0.1, 0.15) is 0 Å². The molecule has 0 unspecified atom stereocenters. The van der Waals surface area contributed by atoms with E-state index in [4.69, 9.17) is 9.47 Å². The van der Waals surface area contributed by atoms with Gasteiger partial charge in [0, 0.05) is 20.3 Å². The van der Waals surface area contributed by atoms with Crippen molar-refractivity contribution >= 4 is 11.8 Å². The first-order valence-electron chi connectivity index (χ1n) is 5.54. The van der Waals surface area contributed by atoms with E-state index in [-0.39, 0.29) is 6.29 Å². The topological polar surface area (TPSA) is 36.3 Å². The van der Waals surface area contributed by atoms with Gasteiger partial charge in [0.15, 0.2) is 6.29 Å². The predicted molar refractivity (Wildman–Crippen MR) is 65.7 cm³/mol. The number of thioether (sulfide) groups is 1. The Bertz CT molecular complexity index is 309. The van der Waals surface area contributed by atoms with E-state index in [1.54, 1.807) is 11.8 Å². The van der Waals surface area contributed by atoms with E-state index in [2.05, 4.69) is 11.2 Å². The Morgan fingerprint density at radius 1 is 1.38 bits per heavy atom. The molecule has 1 rings (SSSR count). The zero-order valence-corrected chi connectivity index (χ0v) is 11.2. The summed E-state index contributed by atoms with van der Waals surface area (Å²) in [6.07, 6.45) is -0.129. The van der Waals surface area contributed by atoms with Crippen LogP contribution < -0.4 is 0 Å². The summed E-state index contributed by atoms with van der Waals surface area (Å²) in [5, 5.41) is 5.44. The molecule has 0 saturated carbocycles. The van der Waals surface area contributed by atoms with Crippen LogP contribution in [0.2, 0.25) is 0 Å². The maximum atomic E-state index is 5.48. The molecule has 4 nitrogen and oxygen atoms in total. The zero-order chi connectivity index (χ0) is 12.0. The molecule has 0 aliphatic rings. The van der Waals surface area contributed by atoms with E-state index in [0.29, 0.717) is 13.2 Å². The van der Waals surface area contributed by atoms with Gasteiger partial charge >= 0.3 is 0 Å². The average Bonchev–Trinajstić information content (AvgIpc) is 2.54. The van der Waals surface area contributed by atoms with E-state index in [9.17, 15) is 0 Å². The molecule has 16 heavy (non-hydrogen) atoms. The summed E-state index contributed by atoms with van der Waals surface area (Å²) in [4.78, 5) is 0. The maximum Gasteiger partial charge on any atom is 0.166 e. The second kappa shape index (κ2) is 6.93. The first kappa shape index (κ1) is 13.5. The molecule has 5 heteroatoms. The van der Waals surface area contributed by atoms with Crippen molar-refractivity contribution in [3.05, 3.63) is 11.8 Å². The van der Waals surface area contributed by atoms with E-state index < -0.39 is 0 Å². The molecule has 0 radical (unpaired) electrons. The third kappa shape index (κ3) is 4.15. The summed E-state index contributed by atoms with van der Waals surface area (Å²) in [6, 6.07) is 2.07. The van der Waals surface area contributed by atoms with Crippen LogP contribution >= 0.6 is 11.8 Å². The van der Waals surface area contributed by atoms with Gasteiger partial charge in [-0.3, -0.25) is 4.68 Å². The van der Waals surface area contributed by atoms with Gasteiger partial charge in [-0.05, 0) is 26.8 Å². The Kier molecular flexibility index (Phi) is 5.87. The number of nitrogens with zero attached hydrogens (tertiary/aromatic N) is 2. The van der Waals surface area contributed by atoms with Crippen molar-refractivity contribution in [1.29, 1.82) is 0 Å². The van der Waals surface area contributed by atoms with E-state index in [0.717, 1.165) is 16.5 Å². The van der Waals surface area contributed by atoms with Crippen LogP contribution in [0.1, 0.15) is 19.5 Å². The molecule has 0 aliphatic heterocycles. The molecular weight excluding hydrogens is 224 g/mol. The maximum absolute atomic E-state index is 5.48. The van der Waals surface area contributed by atoms with Crippen molar-refractivity contribution in [3.63, 3.8) is 0 Å². The first-order valence-corrected chi connectivity index (χ1v) is 6.52. The fourth-order valence-corrected chi connectivity index (χ4v) is 2.37. The minimum absolute atomic E-state index is 0.129. The Labute approximate surface area is 101 Å². The second-order valence-electron chi connectivity index (χ2n) is 3.40. The van der Waals surface area contributed by atoms with E-state index in [1.165, 1.54) is 0 Å². The van der Waals surface area contributed by atoms with Gasteiger partial charge in [-0.1, -0.05) is 0 Å². The van der Waals surface area contributed by atoms with Gasteiger partial charge in [0.2, 0.25) is 0 Å².